The van der Waals surface area contributed by atoms with E-state index in [0.29, 0.717) is 0 Å². The highest BCUT2D eigenvalue weighted by atomic mass is 14.8. The van der Waals surface area contributed by atoms with Crippen LogP contribution in [-0.2, 0) is 0 Å². The Hall–Kier alpha value is -1.43. The highest BCUT2D eigenvalue weighted by molar-refractivity contribution is 5.27. The largest absolute Gasteiger partial charge is 0.241 e. The van der Waals surface area contributed by atoms with Gasteiger partial charge in [-0.3, -0.25) is 0 Å². The lowest BCUT2D eigenvalue weighted by atomic mass is 10.0. The van der Waals surface area contributed by atoms with E-state index in [1.54, 1.807) is 0 Å². The molecule has 0 amide bonds. The predicted molar refractivity (Wildman–Crippen MR) is 45.5 cm³/mol. The van der Waals surface area contributed by atoms with Crippen molar-refractivity contribution in [3.05, 3.63) is 23.3 Å². The summed E-state index contributed by atoms with van der Waals surface area (Å²) in [7, 11) is 0. The van der Waals surface area contributed by atoms with E-state index in [1.807, 2.05) is 20.8 Å². The molecule has 3 heteroatoms. The van der Waals surface area contributed by atoms with Gasteiger partial charge in [0.2, 0.25) is 0 Å². The van der Waals surface area contributed by atoms with Crippen molar-refractivity contribution >= 4 is 0 Å². The van der Waals surface area contributed by atoms with Gasteiger partial charge in [-0.1, -0.05) is 0 Å². The molecule has 0 aromatic carbocycles. The third kappa shape index (κ3) is 1.42. The van der Waals surface area contributed by atoms with Crippen LogP contribution in [0.2, 0.25) is 0 Å². The lowest BCUT2D eigenvalue weighted by Gasteiger charge is -2.06. The van der Waals surface area contributed by atoms with Gasteiger partial charge >= 0.3 is 0 Å². The Morgan fingerprint density at radius 3 is 2.67 bits per heavy atom. The van der Waals surface area contributed by atoms with Crippen LogP contribution in [0.1, 0.15) is 29.8 Å². The van der Waals surface area contributed by atoms with Crippen molar-refractivity contribution in [2.24, 2.45) is 0 Å². The second kappa shape index (κ2) is 3.31. The first-order chi connectivity index (χ1) is 5.66. The number of aromatic nitrogens is 2. The van der Waals surface area contributed by atoms with Crippen LogP contribution >= 0.6 is 0 Å². The molecule has 0 aliphatic heterocycles. The van der Waals surface area contributed by atoms with Crippen LogP contribution in [0.25, 0.3) is 0 Å². The molecule has 0 saturated heterocycles. The molecule has 0 aliphatic rings. The smallest absolute Gasteiger partial charge is 0.115 e. The number of aryl methyl sites for hydroxylation is 1. The van der Waals surface area contributed by atoms with Crippen LogP contribution in [0.3, 0.4) is 0 Å². The van der Waals surface area contributed by atoms with Gasteiger partial charge in [0.05, 0.1) is 17.7 Å². The topological polar surface area (TPSA) is 49.6 Å². The zero-order chi connectivity index (χ0) is 9.14. The van der Waals surface area contributed by atoms with E-state index in [-0.39, 0.29) is 5.92 Å². The molecule has 0 aliphatic carbocycles. The molecule has 1 aromatic heterocycles. The normalized spacial score (nSPS) is 12.2. The molecule has 3 nitrogen and oxygen atoms in total. The Morgan fingerprint density at radius 2 is 2.08 bits per heavy atom. The van der Waals surface area contributed by atoms with Crippen molar-refractivity contribution in [3.63, 3.8) is 0 Å². The maximum Gasteiger partial charge on any atom is 0.115 e. The second-order valence-electron chi connectivity index (χ2n) is 2.82. The second-order valence-corrected chi connectivity index (χ2v) is 2.82. The first-order valence-electron chi connectivity index (χ1n) is 3.84. The molecule has 1 rings (SSSR count). The van der Waals surface area contributed by atoms with Crippen molar-refractivity contribution in [3.8, 4) is 6.07 Å². The molecule has 0 radical (unpaired) electrons. The molecule has 62 valence electrons. The van der Waals surface area contributed by atoms with Crippen LogP contribution in [0.4, 0.5) is 0 Å². The first kappa shape index (κ1) is 8.66. The van der Waals surface area contributed by atoms with E-state index in [2.05, 4.69) is 16.0 Å². The van der Waals surface area contributed by atoms with Crippen molar-refractivity contribution in [1.29, 1.82) is 5.26 Å². The summed E-state index contributed by atoms with van der Waals surface area (Å²) in [5.74, 6) is -0.147. The van der Waals surface area contributed by atoms with Crippen LogP contribution < -0.4 is 0 Å². The molecule has 12 heavy (non-hydrogen) atoms. The molecule has 0 N–H and O–H groups in total. The standard InChI is InChI=1S/C9H11N3/c1-6(4-10)9-7(2)8(3)11-5-12-9/h5-6H,1-3H3. The van der Waals surface area contributed by atoms with Crippen molar-refractivity contribution in [1.82, 2.24) is 9.97 Å². The quantitative estimate of drug-likeness (QED) is 0.630. The summed E-state index contributed by atoms with van der Waals surface area (Å²) >= 11 is 0. The van der Waals surface area contributed by atoms with Crippen LogP contribution in [-0.4, -0.2) is 9.97 Å². The molecule has 1 unspecified atom stereocenters. The first-order valence-corrected chi connectivity index (χ1v) is 3.84. The molecular weight excluding hydrogens is 150 g/mol. The molecular formula is C9H11N3. The Labute approximate surface area is 72.1 Å². The fraction of sp³-hybridized carbons (Fsp3) is 0.444. The van der Waals surface area contributed by atoms with Gasteiger partial charge in [0, 0.05) is 5.69 Å². The summed E-state index contributed by atoms with van der Waals surface area (Å²) in [6.07, 6.45) is 1.51. The minimum atomic E-state index is -0.147. The summed E-state index contributed by atoms with van der Waals surface area (Å²) in [5.41, 5.74) is 2.80. The molecule has 0 spiro atoms. The van der Waals surface area contributed by atoms with Crippen LogP contribution in [0, 0.1) is 25.2 Å². The lowest BCUT2D eigenvalue weighted by molar-refractivity contribution is 0.871. The van der Waals surface area contributed by atoms with Gasteiger partial charge in [0.25, 0.3) is 0 Å². The van der Waals surface area contributed by atoms with Gasteiger partial charge in [0.1, 0.15) is 6.33 Å². The van der Waals surface area contributed by atoms with Crippen LogP contribution in [0.15, 0.2) is 6.33 Å². The molecule has 0 fully saturated rings. The number of nitriles is 1. The maximum atomic E-state index is 8.69. The summed E-state index contributed by atoms with van der Waals surface area (Å²) in [6.45, 7) is 5.71. The Bertz CT molecular complexity index is 325. The third-order valence-corrected chi connectivity index (χ3v) is 1.98. The minimum Gasteiger partial charge on any atom is -0.241 e. The minimum absolute atomic E-state index is 0.147. The van der Waals surface area contributed by atoms with Gasteiger partial charge in [-0.2, -0.15) is 5.26 Å². The number of rotatable bonds is 1. The lowest BCUT2D eigenvalue weighted by Crippen LogP contribution is -2.01. The van der Waals surface area contributed by atoms with E-state index in [1.165, 1.54) is 6.33 Å². The fourth-order valence-corrected chi connectivity index (χ4v) is 1.05. The molecule has 1 aromatic rings. The van der Waals surface area contributed by atoms with Gasteiger partial charge in [-0.05, 0) is 26.3 Å². The third-order valence-electron chi connectivity index (χ3n) is 1.98. The molecule has 1 heterocycles. The molecule has 0 saturated carbocycles. The Morgan fingerprint density at radius 1 is 1.42 bits per heavy atom. The van der Waals surface area contributed by atoms with Crippen molar-refractivity contribution < 1.29 is 0 Å². The van der Waals surface area contributed by atoms with Crippen molar-refractivity contribution in [2.75, 3.05) is 0 Å². The fourth-order valence-electron chi connectivity index (χ4n) is 1.05. The van der Waals surface area contributed by atoms with E-state index in [0.717, 1.165) is 17.0 Å². The predicted octanol–water partition coefficient (Wildman–Crippen LogP) is 1.72. The summed E-state index contributed by atoms with van der Waals surface area (Å²) in [4.78, 5) is 8.11. The van der Waals surface area contributed by atoms with Crippen molar-refractivity contribution in [2.45, 2.75) is 26.7 Å². The van der Waals surface area contributed by atoms with Gasteiger partial charge in [-0.15, -0.1) is 0 Å². The average Bonchev–Trinajstić information content (AvgIpc) is 2.08. The monoisotopic (exact) mass is 161 g/mol. The zero-order valence-corrected chi connectivity index (χ0v) is 7.50. The summed E-state index contributed by atoms with van der Waals surface area (Å²) in [6, 6.07) is 2.16. The van der Waals surface area contributed by atoms with Crippen LogP contribution in [0.5, 0.6) is 0 Å². The number of hydrogen-bond acceptors (Lipinski definition) is 3. The number of hydrogen-bond donors (Lipinski definition) is 0. The SMILES string of the molecule is Cc1ncnc(C(C)C#N)c1C. The maximum absolute atomic E-state index is 8.69. The van der Waals surface area contributed by atoms with Gasteiger partial charge < -0.3 is 0 Å². The molecule has 0 bridgehead atoms. The highest BCUT2D eigenvalue weighted by Gasteiger charge is 2.09. The van der Waals surface area contributed by atoms with Gasteiger partial charge in [0.15, 0.2) is 0 Å². The highest BCUT2D eigenvalue weighted by Crippen LogP contribution is 2.16. The average molecular weight is 161 g/mol. The Kier molecular flexibility index (Phi) is 2.39. The van der Waals surface area contributed by atoms with E-state index in [4.69, 9.17) is 5.26 Å². The van der Waals surface area contributed by atoms with E-state index >= 15 is 0 Å². The zero-order valence-electron chi connectivity index (χ0n) is 7.50. The van der Waals surface area contributed by atoms with E-state index in [9.17, 15) is 0 Å². The Balaban J connectivity index is 3.18. The summed E-state index contributed by atoms with van der Waals surface area (Å²) in [5, 5.41) is 8.69. The van der Waals surface area contributed by atoms with E-state index < -0.39 is 0 Å². The molecule has 1 atom stereocenters. The summed E-state index contributed by atoms with van der Waals surface area (Å²) < 4.78 is 0. The number of nitrogens with zero attached hydrogens (tertiary/aromatic N) is 3. The van der Waals surface area contributed by atoms with Gasteiger partial charge in [-0.25, -0.2) is 9.97 Å².